The summed E-state index contributed by atoms with van der Waals surface area (Å²) >= 11 is 1.25. The normalized spacial score (nSPS) is 17.5. The molecule has 1 atom stereocenters. The van der Waals surface area contributed by atoms with Crippen LogP contribution in [0.2, 0.25) is 0 Å². The number of para-hydroxylation sites is 1. The number of nitrogens with one attached hydrogen (secondary N) is 1. The van der Waals surface area contributed by atoms with Gasteiger partial charge in [0.05, 0.1) is 18.5 Å². The zero-order valence-corrected chi connectivity index (χ0v) is 16.6. The molecule has 2 heterocycles. The standard InChI is InChI=1S/C22H18FN3O3S/c23-15-8-10-17(11-9-15)24-20(27)13-19-21(28)26(14-18-7-4-12-29-18)22(30-19)25-16-5-2-1-3-6-16/h1-12,19H,13-14H2,(H,24,27)/t19-/m1/s1. The second kappa shape index (κ2) is 8.96. The summed E-state index contributed by atoms with van der Waals surface area (Å²) in [5, 5.41) is 2.60. The van der Waals surface area contributed by atoms with Crippen molar-refractivity contribution in [2.24, 2.45) is 4.99 Å². The summed E-state index contributed by atoms with van der Waals surface area (Å²) in [5.74, 6) is -0.294. The number of halogens is 1. The predicted octanol–water partition coefficient (Wildman–Crippen LogP) is 4.58. The Balaban J connectivity index is 1.50. The van der Waals surface area contributed by atoms with Crippen LogP contribution in [0.15, 0.2) is 82.4 Å². The van der Waals surface area contributed by atoms with E-state index in [4.69, 9.17) is 4.42 Å². The third kappa shape index (κ3) is 4.77. The zero-order valence-electron chi connectivity index (χ0n) is 15.8. The van der Waals surface area contributed by atoms with Gasteiger partial charge >= 0.3 is 0 Å². The lowest BCUT2D eigenvalue weighted by atomic mass is 10.2. The number of hydrogen-bond donors (Lipinski definition) is 1. The van der Waals surface area contributed by atoms with Gasteiger partial charge in [0.2, 0.25) is 11.8 Å². The number of amidine groups is 1. The molecule has 1 saturated heterocycles. The van der Waals surface area contributed by atoms with Gasteiger partial charge in [-0.3, -0.25) is 14.5 Å². The fraction of sp³-hybridized carbons (Fsp3) is 0.136. The summed E-state index contributed by atoms with van der Waals surface area (Å²) in [7, 11) is 0. The van der Waals surface area contributed by atoms with E-state index in [1.165, 1.54) is 40.9 Å². The molecule has 2 amide bonds. The number of benzene rings is 2. The molecule has 6 nitrogen and oxygen atoms in total. The van der Waals surface area contributed by atoms with Gasteiger partial charge in [0.25, 0.3) is 0 Å². The second-order valence-corrected chi connectivity index (χ2v) is 7.77. The number of furan rings is 1. The summed E-state index contributed by atoms with van der Waals surface area (Å²) in [6, 6.07) is 18.3. The molecule has 152 valence electrons. The first-order valence-electron chi connectivity index (χ1n) is 9.28. The molecule has 0 aliphatic carbocycles. The largest absolute Gasteiger partial charge is 0.467 e. The summed E-state index contributed by atoms with van der Waals surface area (Å²) in [6.07, 6.45) is 1.52. The topological polar surface area (TPSA) is 74.9 Å². The Morgan fingerprint density at radius 3 is 2.57 bits per heavy atom. The van der Waals surface area contributed by atoms with Crippen molar-refractivity contribution in [1.29, 1.82) is 0 Å². The van der Waals surface area contributed by atoms with Gasteiger partial charge in [-0.05, 0) is 48.5 Å². The van der Waals surface area contributed by atoms with Gasteiger partial charge in [-0.25, -0.2) is 9.38 Å². The van der Waals surface area contributed by atoms with E-state index in [1.807, 2.05) is 30.3 Å². The first-order valence-corrected chi connectivity index (χ1v) is 10.2. The Kier molecular flexibility index (Phi) is 5.94. The van der Waals surface area contributed by atoms with Crippen LogP contribution in [0.3, 0.4) is 0 Å². The van der Waals surface area contributed by atoms with Crippen molar-refractivity contribution in [3.8, 4) is 0 Å². The van der Waals surface area contributed by atoms with Gasteiger partial charge in [0, 0.05) is 12.1 Å². The highest BCUT2D eigenvalue weighted by Gasteiger charge is 2.39. The summed E-state index contributed by atoms with van der Waals surface area (Å²) in [4.78, 5) is 31.6. The summed E-state index contributed by atoms with van der Waals surface area (Å²) < 4.78 is 18.4. The fourth-order valence-corrected chi connectivity index (χ4v) is 4.11. The lowest BCUT2D eigenvalue weighted by Gasteiger charge is -2.15. The first kappa shape index (κ1) is 19.9. The van der Waals surface area contributed by atoms with Gasteiger partial charge in [-0.1, -0.05) is 30.0 Å². The zero-order chi connectivity index (χ0) is 20.9. The molecule has 1 fully saturated rings. The van der Waals surface area contributed by atoms with Gasteiger partial charge in [0.15, 0.2) is 5.17 Å². The average molecular weight is 423 g/mol. The van der Waals surface area contributed by atoms with Crippen molar-refractivity contribution in [2.75, 3.05) is 5.32 Å². The smallest absolute Gasteiger partial charge is 0.243 e. The number of carbonyl (C=O) groups is 2. The number of amides is 2. The minimum atomic E-state index is -0.608. The molecule has 4 rings (SSSR count). The minimum Gasteiger partial charge on any atom is -0.467 e. The highest BCUT2D eigenvalue weighted by atomic mass is 32.2. The van der Waals surface area contributed by atoms with Gasteiger partial charge in [-0.15, -0.1) is 0 Å². The average Bonchev–Trinajstić information content (AvgIpc) is 3.35. The highest BCUT2D eigenvalue weighted by Crippen LogP contribution is 2.33. The molecular formula is C22H18FN3O3S. The van der Waals surface area contributed by atoms with Crippen LogP contribution in [0.4, 0.5) is 15.8 Å². The molecule has 30 heavy (non-hydrogen) atoms. The van der Waals surface area contributed by atoms with Crippen LogP contribution in [0, 0.1) is 5.82 Å². The van der Waals surface area contributed by atoms with Gasteiger partial charge in [-0.2, -0.15) is 0 Å². The number of nitrogens with zero attached hydrogens (tertiary/aromatic N) is 2. The van der Waals surface area contributed by atoms with Crippen molar-refractivity contribution >= 4 is 40.1 Å². The third-order valence-electron chi connectivity index (χ3n) is 4.39. The summed E-state index contributed by atoms with van der Waals surface area (Å²) in [5.41, 5.74) is 1.19. The maximum atomic E-state index is 13.0. The molecule has 3 aromatic rings. The minimum absolute atomic E-state index is 0.0245. The van der Waals surface area contributed by atoms with Gasteiger partial charge < -0.3 is 9.73 Å². The molecule has 0 saturated carbocycles. The molecule has 0 unspecified atom stereocenters. The van der Waals surface area contributed by atoms with Crippen molar-refractivity contribution in [2.45, 2.75) is 18.2 Å². The monoisotopic (exact) mass is 423 g/mol. The van der Waals surface area contributed by atoms with Crippen molar-refractivity contribution in [1.82, 2.24) is 4.90 Å². The van der Waals surface area contributed by atoms with Crippen LogP contribution >= 0.6 is 11.8 Å². The predicted molar refractivity (Wildman–Crippen MR) is 114 cm³/mol. The lowest BCUT2D eigenvalue weighted by molar-refractivity contribution is -0.128. The molecule has 1 aliphatic rings. The number of carbonyl (C=O) groups excluding carboxylic acids is 2. The molecule has 0 spiro atoms. The maximum absolute atomic E-state index is 13.0. The van der Waals surface area contributed by atoms with Crippen LogP contribution in [0.5, 0.6) is 0 Å². The van der Waals surface area contributed by atoms with E-state index in [-0.39, 0.29) is 30.6 Å². The van der Waals surface area contributed by atoms with E-state index in [9.17, 15) is 14.0 Å². The Morgan fingerprint density at radius 2 is 1.87 bits per heavy atom. The van der Waals surface area contributed by atoms with Crippen LogP contribution in [-0.4, -0.2) is 27.1 Å². The molecule has 8 heteroatoms. The number of thioether (sulfide) groups is 1. The van der Waals surface area contributed by atoms with Crippen molar-refractivity contribution in [3.63, 3.8) is 0 Å². The van der Waals surface area contributed by atoms with E-state index in [0.29, 0.717) is 22.3 Å². The van der Waals surface area contributed by atoms with Crippen LogP contribution in [-0.2, 0) is 16.1 Å². The number of anilines is 1. The maximum Gasteiger partial charge on any atom is 0.243 e. The van der Waals surface area contributed by atoms with E-state index < -0.39 is 5.25 Å². The van der Waals surface area contributed by atoms with Crippen molar-refractivity contribution in [3.05, 3.63) is 84.6 Å². The Bertz CT molecular complexity index is 1050. The summed E-state index contributed by atoms with van der Waals surface area (Å²) in [6.45, 7) is 0.237. The van der Waals surface area contributed by atoms with Crippen molar-refractivity contribution < 1.29 is 18.4 Å². The lowest BCUT2D eigenvalue weighted by Crippen LogP contribution is -2.33. The molecule has 1 N–H and O–H groups in total. The second-order valence-electron chi connectivity index (χ2n) is 6.60. The third-order valence-corrected chi connectivity index (χ3v) is 5.57. The number of rotatable bonds is 6. The number of hydrogen-bond acceptors (Lipinski definition) is 5. The Hall–Kier alpha value is -3.39. The molecule has 1 aliphatic heterocycles. The number of aliphatic imine (C=N–C) groups is 1. The van der Waals surface area contributed by atoms with Gasteiger partial charge in [0.1, 0.15) is 16.8 Å². The highest BCUT2D eigenvalue weighted by molar-refractivity contribution is 8.15. The molecule has 2 aromatic carbocycles. The Labute approximate surface area is 176 Å². The van der Waals surface area contributed by atoms with E-state index >= 15 is 0 Å². The van der Waals surface area contributed by atoms with E-state index in [2.05, 4.69) is 10.3 Å². The Morgan fingerprint density at radius 1 is 1.10 bits per heavy atom. The quantitative estimate of drug-likeness (QED) is 0.630. The first-order chi connectivity index (χ1) is 14.6. The molecular weight excluding hydrogens is 405 g/mol. The van der Waals surface area contributed by atoms with Crippen LogP contribution < -0.4 is 5.32 Å². The van der Waals surface area contributed by atoms with Crippen LogP contribution in [0.1, 0.15) is 12.2 Å². The molecule has 0 radical (unpaired) electrons. The molecule has 0 bridgehead atoms. The van der Waals surface area contributed by atoms with E-state index in [1.54, 1.807) is 18.4 Å². The fourth-order valence-electron chi connectivity index (χ4n) is 2.96. The molecule has 1 aromatic heterocycles. The van der Waals surface area contributed by atoms with Crippen LogP contribution in [0.25, 0.3) is 0 Å². The SMILES string of the molecule is O=C(C[C@H]1SC(=Nc2ccccc2)N(Cc2ccco2)C1=O)Nc1ccc(F)cc1. The van der Waals surface area contributed by atoms with E-state index in [0.717, 1.165) is 0 Å².